The fourth-order valence-corrected chi connectivity index (χ4v) is 2.26. The van der Waals surface area contributed by atoms with Crippen molar-refractivity contribution in [2.45, 2.75) is 6.54 Å². The highest BCUT2D eigenvalue weighted by molar-refractivity contribution is 9.10. The molecule has 23 heavy (non-hydrogen) atoms. The van der Waals surface area contributed by atoms with Crippen LogP contribution in [0.3, 0.4) is 0 Å². The summed E-state index contributed by atoms with van der Waals surface area (Å²) >= 11 is 3.37. The molecule has 2 aromatic rings. The van der Waals surface area contributed by atoms with Crippen molar-refractivity contribution in [1.29, 1.82) is 0 Å². The first-order chi connectivity index (χ1) is 11.0. The van der Waals surface area contributed by atoms with Gasteiger partial charge in [-0.15, -0.1) is 0 Å². The normalized spacial score (nSPS) is 10.7. The Bertz CT molecular complexity index is 774. The summed E-state index contributed by atoms with van der Waals surface area (Å²) in [4.78, 5) is 22.0. The van der Waals surface area contributed by atoms with E-state index in [4.69, 9.17) is 0 Å². The summed E-state index contributed by atoms with van der Waals surface area (Å²) in [6.07, 6.45) is 3.00. The summed E-state index contributed by atoms with van der Waals surface area (Å²) in [6, 6.07) is 11.1. The van der Waals surface area contributed by atoms with Gasteiger partial charge in [0.15, 0.2) is 0 Å². The number of hydrogen-bond donors (Lipinski definition) is 2. The molecule has 0 aliphatic carbocycles. The van der Waals surface area contributed by atoms with Crippen LogP contribution in [0.25, 0.3) is 6.08 Å². The molecule has 2 aromatic carbocycles. The fourth-order valence-electron chi connectivity index (χ4n) is 1.84. The lowest BCUT2D eigenvalue weighted by Gasteiger charge is -2.05. The molecule has 0 bridgehead atoms. The number of benzene rings is 2. The monoisotopic (exact) mass is 376 g/mol. The zero-order chi connectivity index (χ0) is 16.8. The van der Waals surface area contributed by atoms with Gasteiger partial charge in [0, 0.05) is 34.8 Å². The minimum absolute atomic E-state index is 0.00730. The molecule has 0 saturated heterocycles. The predicted molar refractivity (Wildman–Crippen MR) is 89.8 cm³/mol. The first kappa shape index (κ1) is 16.7. The summed E-state index contributed by atoms with van der Waals surface area (Å²) in [5.74, 6) is -0.475. The van der Waals surface area contributed by atoms with Gasteiger partial charge in [-0.25, -0.2) is 0 Å². The quantitative estimate of drug-likeness (QED) is 0.475. The molecule has 0 fully saturated rings. The Morgan fingerprint density at radius 1 is 1.30 bits per heavy atom. The van der Waals surface area contributed by atoms with Gasteiger partial charge in [-0.3, -0.25) is 14.9 Å². The van der Waals surface area contributed by atoms with Crippen LogP contribution >= 0.6 is 15.9 Å². The van der Waals surface area contributed by atoms with Crippen molar-refractivity contribution in [3.63, 3.8) is 0 Å². The summed E-state index contributed by atoms with van der Waals surface area (Å²) in [5, 5.41) is 23.0. The maximum atomic E-state index is 11.8. The lowest BCUT2D eigenvalue weighted by Crippen LogP contribution is -2.20. The van der Waals surface area contributed by atoms with Crippen LogP contribution in [0, 0.1) is 10.1 Å². The van der Waals surface area contributed by atoms with E-state index >= 15 is 0 Å². The van der Waals surface area contributed by atoms with Crippen LogP contribution in [-0.4, -0.2) is 15.9 Å². The van der Waals surface area contributed by atoms with Gasteiger partial charge in [-0.1, -0.05) is 34.1 Å². The molecule has 0 radical (unpaired) electrons. The van der Waals surface area contributed by atoms with Crippen molar-refractivity contribution in [3.8, 4) is 5.75 Å². The Morgan fingerprint density at radius 3 is 2.74 bits per heavy atom. The van der Waals surface area contributed by atoms with Gasteiger partial charge < -0.3 is 10.4 Å². The van der Waals surface area contributed by atoms with E-state index < -0.39 is 4.92 Å². The second-order valence-corrected chi connectivity index (χ2v) is 5.50. The molecule has 6 nitrogen and oxygen atoms in total. The lowest BCUT2D eigenvalue weighted by atomic mass is 10.1. The van der Waals surface area contributed by atoms with Crippen molar-refractivity contribution in [1.82, 2.24) is 5.32 Å². The molecule has 2 N–H and O–H groups in total. The molecule has 118 valence electrons. The molecule has 0 unspecified atom stereocenters. The number of phenols is 1. The predicted octanol–water partition coefficient (Wildman–Crippen LogP) is 3.39. The molecule has 7 heteroatoms. The number of carbonyl (C=O) groups is 1. The number of carbonyl (C=O) groups excluding carboxylic acids is 1. The molecule has 0 atom stereocenters. The van der Waals surface area contributed by atoms with Gasteiger partial charge in [-0.05, 0) is 23.8 Å². The average molecular weight is 377 g/mol. The molecule has 2 rings (SSSR count). The van der Waals surface area contributed by atoms with Gasteiger partial charge in [0.2, 0.25) is 5.91 Å². The number of amides is 1. The van der Waals surface area contributed by atoms with Crippen LogP contribution in [0.15, 0.2) is 53.0 Å². The Kier molecular flexibility index (Phi) is 5.48. The van der Waals surface area contributed by atoms with Crippen molar-refractivity contribution in [3.05, 3.63) is 74.3 Å². The number of nitrogens with one attached hydrogen (secondary N) is 1. The first-order valence-corrected chi connectivity index (χ1v) is 7.43. The van der Waals surface area contributed by atoms with E-state index in [0.29, 0.717) is 0 Å². The fraction of sp³-hybridized carbons (Fsp3) is 0.0625. The third kappa shape index (κ3) is 4.65. The molecule has 0 spiro atoms. The maximum Gasteiger partial charge on any atom is 0.270 e. The van der Waals surface area contributed by atoms with Gasteiger partial charge in [0.25, 0.3) is 5.69 Å². The van der Waals surface area contributed by atoms with E-state index in [2.05, 4.69) is 21.2 Å². The number of nitrogens with zero attached hydrogens (tertiary/aromatic N) is 1. The Morgan fingerprint density at radius 2 is 2.04 bits per heavy atom. The third-order valence-electron chi connectivity index (χ3n) is 3.05. The van der Waals surface area contributed by atoms with Crippen molar-refractivity contribution in [2.24, 2.45) is 0 Å². The summed E-state index contributed by atoms with van der Waals surface area (Å²) < 4.78 is 0.861. The van der Waals surface area contributed by atoms with E-state index in [9.17, 15) is 20.0 Å². The van der Waals surface area contributed by atoms with Crippen LogP contribution in [-0.2, 0) is 11.3 Å². The van der Waals surface area contributed by atoms with Crippen LogP contribution in [0.1, 0.15) is 11.1 Å². The molecular formula is C16H13BrN2O4. The number of nitro groups is 1. The number of non-ortho nitro benzene ring substituents is 1. The second-order valence-electron chi connectivity index (χ2n) is 4.64. The van der Waals surface area contributed by atoms with Crippen molar-refractivity contribution >= 4 is 33.6 Å². The zero-order valence-electron chi connectivity index (χ0n) is 11.9. The number of phenolic OH excluding ortho intramolecular Hbond substituents is 1. The minimum Gasteiger partial charge on any atom is -0.508 e. The maximum absolute atomic E-state index is 11.8. The smallest absolute Gasteiger partial charge is 0.270 e. The standard InChI is InChI=1S/C16H13BrN2O4/c17-14-4-2-1-3-11(14)5-8-16(21)18-10-12-9-13(19(22)23)6-7-15(12)20/h1-9,20H,10H2,(H,18,21)/b8-5+. The minimum atomic E-state index is -0.558. The first-order valence-electron chi connectivity index (χ1n) is 6.64. The second kappa shape index (κ2) is 7.55. The molecular weight excluding hydrogens is 364 g/mol. The largest absolute Gasteiger partial charge is 0.508 e. The number of nitro benzene ring substituents is 1. The van der Waals surface area contributed by atoms with E-state index in [1.54, 1.807) is 6.08 Å². The molecule has 1 amide bonds. The average Bonchev–Trinajstić information content (AvgIpc) is 2.53. The summed E-state index contributed by atoms with van der Waals surface area (Å²) in [6.45, 7) is -0.00730. The van der Waals surface area contributed by atoms with Crippen LogP contribution in [0.4, 0.5) is 5.69 Å². The molecule has 0 saturated carbocycles. The van der Waals surface area contributed by atoms with Crippen LogP contribution < -0.4 is 5.32 Å². The third-order valence-corrected chi connectivity index (χ3v) is 3.77. The van der Waals surface area contributed by atoms with E-state index in [1.807, 2.05) is 24.3 Å². The number of rotatable bonds is 5. The van der Waals surface area contributed by atoms with E-state index in [-0.39, 0.29) is 29.5 Å². The summed E-state index contributed by atoms with van der Waals surface area (Å²) in [7, 11) is 0. The SMILES string of the molecule is O=C(/C=C/c1ccccc1Br)NCc1cc([N+](=O)[O-])ccc1O. The highest BCUT2D eigenvalue weighted by Crippen LogP contribution is 2.22. The van der Waals surface area contributed by atoms with Gasteiger partial charge in [-0.2, -0.15) is 0 Å². The van der Waals surface area contributed by atoms with Gasteiger partial charge >= 0.3 is 0 Å². The van der Waals surface area contributed by atoms with Crippen molar-refractivity contribution in [2.75, 3.05) is 0 Å². The summed E-state index contributed by atoms with van der Waals surface area (Å²) in [5.41, 5.74) is 0.985. The molecule has 0 aliphatic heterocycles. The number of aromatic hydroxyl groups is 1. The topological polar surface area (TPSA) is 92.5 Å². The van der Waals surface area contributed by atoms with Gasteiger partial charge in [0.1, 0.15) is 5.75 Å². The number of hydrogen-bond acceptors (Lipinski definition) is 4. The van der Waals surface area contributed by atoms with E-state index in [1.165, 1.54) is 24.3 Å². The molecule has 0 aromatic heterocycles. The molecule has 0 heterocycles. The van der Waals surface area contributed by atoms with Crippen LogP contribution in [0.2, 0.25) is 0 Å². The Labute approximate surface area is 140 Å². The van der Waals surface area contributed by atoms with E-state index in [0.717, 1.165) is 10.0 Å². The Hall–Kier alpha value is -2.67. The zero-order valence-corrected chi connectivity index (χ0v) is 13.5. The Balaban J connectivity index is 2.01. The van der Waals surface area contributed by atoms with Crippen LogP contribution in [0.5, 0.6) is 5.75 Å². The highest BCUT2D eigenvalue weighted by atomic mass is 79.9. The molecule has 0 aliphatic rings. The lowest BCUT2D eigenvalue weighted by molar-refractivity contribution is -0.384. The highest BCUT2D eigenvalue weighted by Gasteiger charge is 2.10. The number of halogens is 1. The van der Waals surface area contributed by atoms with Gasteiger partial charge in [0.05, 0.1) is 4.92 Å². The van der Waals surface area contributed by atoms with Crippen molar-refractivity contribution < 1.29 is 14.8 Å².